The highest BCUT2D eigenvalue weighted by molar-refractivity contribution is 7.61. The van der Waals surface area contributed by atoms with Gasteiger partial charge in [-0.1, -0.05) is 0 Å². The minimum Gasteiger partial charge on any atom is -0.477 e. The highest BCUT2D eigenvalue weighted by Crippen LogP contribution is 2.62. The second-order valence-electron chi connectivity index (χ2n) is 34.6. The molecule has 44 N–H and O–H groups in total. The van der Waals surface area contributed by atoms with E-state index in [0.29, 0.717) is 0 Å². The zero-order valence-corrected chi connectivity index (χ0v) is 80.1. The van der Waals surface area contributed by atoms with Crippen LogP contribution in [0.1, 0.15) is 6.42 Å². The molecule has 10 heterocycles. The van der Waals surface area contributed by atoms with Crippen LogP contribution in [0.5, 0.6) is 0 Å². The van der Waals surface area contributed by atoms with E-state index in [1.165, 1.54) is 0 Å². The van der Waals surface area contributed by atoms with Gasteiger partial charge in [0.05, 0.1) is 85.3 Å². The van der Waals surface area contributed by atoms with Crippen molar-refractivity contribution in [1.29, 1.82) is 0 Å². The molecule has 10 aliphatic rings. The van der Waals surface area contributed by atoms with Crippen LogP contribution in [-0.4, -0.2) is 616 Å². The fraction of sp³-hybridized carbons (Fsp3) is 0.986. The van der Waals surface area contributed by atoms with Gasteiger partial charge in [0.2, 0.25) is 0 Å². The van der Waals surface area contributed by atoms with Crippen LogP contribution in [0.25, 0.3) is 0 Å². The standard InChI is InChI=1S/C69H126N3O70P5/c70-1-3-117-145(111,112)140-25(14-81)51-42(99)53(133-64-41(98)36(93)50(24(13-80)124-64)130-63-40(97)35(92)49(23(12-79)123-63)129-62-39(96)34(91)48(22(11-78)122-62)128-59-27(72)31(88)28(85)20(9-76)120-59)58(137-66-56(43(100)55(141-144(108,109)110)45(127-66)16(82)6-73)135-61-38(95)33(90)30(87)26(125-61)15-119-143(105,106)107)67(131-51)134-54-44(101)65(126-46(17(83)7-74)57(54)136-60-37(94)32(89)29(86)21(10-77)121-60)132-52-19(139-147(115,116)142-146(113,114)118-4-2-71)5-69(104,68(102)103)138-47(52)18(84)8-75/h16-67,73-101,104H,1-15,70-72H2,(H,102,103)(H,111,112)(H,113,114)(H,115,116)(H2,105,106,107)(H2,108,109,110)/t16-,17-,18+,19+,20+,21+,22+,23+,24+,25-,26+,27+,28-,29+,30-,31+,32-,33-,34+,35+,36+,37+,38+,39+,40+,41+,42+,43-,44-,45+,46+,47+,48-,49+,50+,51+,52+,53-,54+,55-,56-,57+,58-,59+,60-,61-,62-,63-,64+,65+,66+,67+,69+/m0/s1. The summed E-state index contributed by atoms with van der Waals surface area (Å²) in [5, 5.41) is 353. The largest absolute Gasteiger partial charge is 0.481 e. The minimum absolute atomic E-state index is 0.621. The van der Waals surface area contributed by atoms with E-state index in [0.717, 1.165) is 0 Å². The molecule has 0 spiro atoms. The van der Waals surface area contributed by atoms with Crippen LogP contribution in [0.2, 0.25) is 0 Å². The first kappa shape index (κ1) is 127. The lowest BCUT2D eigenvalue weighted by Crippen LogP contribution is -2.72. The van der Waals surface area contributed by atoms with Crippen LogP contribution in [0.15, 0.2) is 0 Å². The number of phosphoric ester groups is 5. The van der Waals surface area contributed by atoms with E-state index in [-0.39, 0.29) is 0 Å². The molecule has 0 bridgehead atoms. The molecule has 73 nitrogen and oxygen atoms in total. The monoisotopic (exact) mass is 2270 g/mol. The van der Waals surface area contributed by atoms with Crippen LogP contribution >= 0.6 is 39.1 Å². The number of nitrogens with two attached hydrogens (primary N) is 3. The third kappa shape index (κ3) is 30.4. The first-order valence-electron chi connectivity index (χ1n) is 44.2. The lowest BCUT2D eigenvalue weighted by Gasteiger charge is -2.54. The Bertz CT molecular complexity index is 4290. The minimum atomic E-state index is -6.52. The van der Waals surface area contributed by atoms with Crippen LogP contribution in [-0.2, 0) is 149 Å². The third-order valence-electron chi connectivity index (χ3n) is 24.4. The molecule has 0 aromatic carbocycles. The fourth-order valence-corrected chi connectivity index (χ4v) is 21.1. The summed E-state index contributed by atoms with van der Waals surface area (Å²) < 4.78 is 211. The summed E-state index contributed by atoms with van der Waals surface area (Å²) in [5.41, 5.74) is 16.8. The van der Waals surface area contributed by atoms with Gasteiger partial charge in [0.15, 0.2) is 56.6 Å². The van der Waals surface area contributed by atoms with Gasteiger partial charge >= 0.3 is 45.1 Å². The maximum absolute atomic E-state index is 14.0. The molecule has 10 rings (SSSR count). The van der Waals surface area contributed by atoms with Crippen LogP contribution in [0.3, 0.4) is 0 Å². The lowest BCUT2D eigenvalue weighted by molar-refractivity contribution is -0.428. The van der Waals surface area contributed by atoms with Crippen LogP contribution in [0, 0.1) is 0 Å². The average Bonchev–Trinajstić information content (AvgIpc) is 0.738. The van der Waals surface area contributed by atoms with Gasteiger partial charge in [0, 0.05) is 19.5 Å². The van der Waals surface area contributed by atoms with Crippen molar-refractivity contribution < 1.29 is 342 Å². The van der Waals surface area contributed by atoms with E-state index in [1.54, 1.807) is 0 Å². The number of carboxylic acids is 1. The maximum atomic E-state index is 14.0. The van der Waals surface area contributed by atoms with E-state index < -0.39 is 469 Å². The third-order valence-corrected chi connectivity index (χ3v) is 29.2. The quantitative estimate of drug-likeness (QED) is 0.0252. The average molecular weight is 2270 g/mol. The number of ether oxygens (including phenoxy) is 19. The molecule has 10 aliphatic heterocycles. The van der Waals surface area contributed by atoms with Gasteiger partial charge in [-0.05, 0) is 0 Å². The second kappa shape index (κ2) is 53.8. The van der Waals surface area contributed by atoms with E-state index in [1.807, 2.05) is 0 Å². The number of aliphatic hydroxyl groups is 30. The molecule has 10 fully saturated rings. The highest BCUT2D eigenvalue weighted by Gasteiger charge is 2.66. The van der Waals surface area contributed by atoms with Gasteiger partial charge in [-0.25, -0.2) is 27.6 Å². The highest BCUT2D eigenvalue weighted by atomic mass is 31.3. The van der Waals surface area contributed by atoms with E-state index in [4.69, 9.17) is 125 Å². The van der Waals surface area contributed by atoms with Gasteiger partial charge < -0.3 is 300 Å². The van der Waals surface area contributed by atoms with E-state index in [2.05, 4.69) is 13.4 Å². The van der Waals surface area contributed by atoms with Gasteiger partial charge in [0.1, 0.15) is 256 Å². The van der Waals surface area contributed by atoms with Gasteiger partial charge in [0.25, 0.3) is 5.79 Å². The second-order valence-corrected chi connectivity index (χ2v) is 41.4. The summed E-state index contributed by atoms with van der Waals surface area (Å²) >= 11 is 0. The Morgan fingerprint density at radius 2 is 0.680 bits per heavy atom. The summed E-state index contributed by atoms with van der Waals surface area (Å²) in [6, 6.07) is -1.64. The number of aliphatic carboxylic acids is 1. The molecular formula is C69H126N3O70P5. The Morgan fingerprint density at radius 1 is 0.327 bits per heavy atom. The maximum Gasteiger partial charge on any atom is 0.481 e. The summed E-state index contributed by atoms with van der Waals surface area (Å²) in [6.07, 6.45) is -139. The summed E-state index contributed by atoms with van der Waals surface area (Å²) in [5.74, 6) is -6.41. The van der Waals surface area contributed by atoms with Crippen molar-refractivity contribution in [3.8, 4) is 0 Å². The molecule has 0 aromatic rings. The topological polar surface area (TPSA) is 1190 Å². The lowest BCUT2D eigenvalue weighted by atomic mass is 9.91. The molecule has 0 aromatic heterocycles. The van der Waals surface area contributed by atoms with Crippen LogP contribution in [0.4, 0.5) is 0 Å². The van der Waals surface area contributed by atoms with E-state index >= 15 is 0 Å². The first-order valence-corrected chi connectivity index (χ1v) is 51.7. The molecule has 3 unspecified atom stereocenters. The number of hydrogen-bond donors (Lipinski definition) is 41. The zero-order valence-electron chi connectivity index (χ0n) is 75.7. The molecule has 0 saturated carbocycles. The van der Waals surface area contributed by atoms with Crippen molar-refractivity contribution in [3.63, 3.8) is 0 Å². The number of carbonyl (C=O) groups is 1. The smallest absolute Gasteiger partial charge is 0.477 e. The van der Waals surface area contributed by atoms with Crippen molar-refractivity contribution in [1.82, 2.24) is 0 Å². The molecule has 78 heteroatoms. The Kier molecular flexibility index (Phi) is 46.4. The van der Waals surface area contributed by atoms with E-state index in [9.17, 15) is 220 Å². The summed E-state index contributed by atoms with van der Waals surface area (Å²) in [4.78, 5) is 85.9. The zero-order chi connectivity index (χ0) is 110. The molecule has 56 atom stereocenters. The van der Waals surface area contributed by atoms with Crippen molar-refractivity contribution in [2.45, 2.75) is 331 Å². The number of hydrogen-bond acceptors (Lipinski definition) is 65. The predicted octanol–water partition coefficient (Wildman–Crippen LogP) is -24.4. The Morgan fingerprint density at radius 3 is 1.13 bits per heavy atom. The molecule has 0 amide bonds. The van der Waals surface area contributed by atoms with Gasteiger partial charge in [-0.15, -0.1) is 0 Å². The number of rotatable bonds is 49. The molecule has 10 saturated heterocycles. The molecule has 0 radical (unpaired) electrons. The Balaban J connectivity index is 1.13. The Hall–Kier alpha value is -2.02. The van der Waals surface area contributed by atoms with Crippen molar-refractivity contribution in [2.24, 2.45) is 17.2 Å². The van der Waals surface area contributed by atoms with Crippen LogP contribution < -0.4 is 17.2 Å². The molecular weight excluding hydrogens is 2150 g/mol. The molecule has 147 heavy (non-hydrogen) atoms. The molecule has 862 valence electrons. The first-order chi connectivity index (χ1) is 68.7. The van der Waals surface area contributed by atoms with Gasteiger partial charge in [-0.3, -0.25) is 27.1 Å². The number of phosphoric acid groups is 5. The summed E-state index contributed by atoms with van der Waals surface area (Å²) in [7, 11) is -30.3. The number of aliphatic hydroxyl groups excluding tert-OH is 29. The number of carboxylic acid groups (broad SMARTS) is 1. The molecule has 0 aliphatic carbocycles. The fourth-order valence-electron chi connectivity index (χ4n) is 17.0. The van der Waals surface area contributed by atoms with Gasteiger partial charge in [-0.2, -0.15) is 4.31 Å². The van der Waals surface area contributed by atoms with Crippen molar-refractivity contribution in [2.75, 3.05) is 92.4 Å². The predicted molar refractivity (Wildman–Crippen MR) is 441 cm³/mol. The van der Waals surface area contributed by atoms with Crippen molar-refractivity contribution >= 4 is 45.1 Å². The van der Waals surface area contributed by atoms with Crippen molar-refractivity contribution in [3.05, 3.63) is 0 Å². The SMILES string of the molecule is NCCOP(=O)(O)O[C@@H](CO)[C@H]1O[C@H](O[C@@H]2[C@H](O)[C@@H](O[C@H]3[C@@H]([C@H](O)CO)O[C@@](O)(C(=O)O)C[C@H]3OP(=O)(O)OP(=O)(O)OCCN)O[C@H]([C@@H](O)CO)[C@H]2O[C@@H]2O[C@H](CO)[C@@H](O)[C@H](O)[C@H]2O)[C@@H](O[C@H]2O[C@H]([C@@H](O)CO)[C@@H](OP(=O)(O)O)[C@H](O)[C@@H]2O[C@@H]2O[C@H](COP(=O)(O)O)[C@H](O)[C@H](O)[C@H]2O)[C@@H](O[C@H]2O[C@H](CO)[C@@H](O[C@@H]3O[C@H](CO)[C@@H](O[C@@H]4O[C@H](CO)[C@H](O[C@H]5O[C@H](CO)[C@H](O)[C@H](O)[C@H]5N)[C@H](O)[C@H]4O)[C@H](O)[C@H]3O)[C@H](O)[C@H]2O)[C@@H]1O. The Labute approximate surface area is 825 Å². The summed E-state index contributed by atoms with van der Waals surface area (Å²) in [6.45, 7) is -18.1. The normalized spacial score (nSPS) is 45.9.